The van der Waals surface area contributed by atoms with E-state index in [1.54, 1.807) is 36.4 Å². The molecule has 3 aromatic rings. The van der Waals surface area contributed by atoms with Crippen LogP contribution in [0.25, 0.3) is 11.3 Å². The van der Waals surface area contributed by atoms with E-state index in [0.29, 0.717) is 22.8 Å². The summed E-state index contributed by atoms with van der Waals surface area (Å²) in [6.07, 6.45) is 1.43. The Morgan fingerprint density at radius 3 is 2.67 bits per heavy atom. The van der Waals surface area contributed by atoms with E-state index in [2.05, 4.69) is 15.8 Å². The number of hydrogen-bond acceptors (Lipinski definition) is 5. The van der Waals surface area contributed by atoms with Crippen LogP contribution >= 0.6 is 12.2 Å². The molecular weight excluding hydrogens is 371 g/mol. The summed E-state index contributed by atoms with van der Waals surface area (Å²) in [6.45, 7) is 0. The molecular formula is C18H13FN4O3S. The normalized spacial score (nSPS) is 10.7. The highest BCUT2D eigenvalue weighted by molar-refractivity contribution is 7.80. The molecule has 0 radical (unpaired) electrons. The van der Waals surface area contributed by atoms with Crippen LogP contribution in [0.4, 0.5) is 15.8 Å². The monoisotopic (exact) mass is 384 g/mol. The summed E-state index contributed by atoms with van der Waals surface area (Å²) in [4.78, 5) is 10.2. The Balaban J connectivity index is 1.58. The number of nitro groups is 1. The molecule has 136 valence electrons. The molecule has 0 saturated heterocycles. The first-order valence-electron chi connectivity index (χ1n) is 7.71. The Labute approximate surface area is 158 Å². The number of benzene rings is 2. The number of furan rings is 1. The largest absolute Gasteiger partial charge is 0.455 e. The Morgan fingerprint density at radius 2 is 1.96 bits per heavy atom. The summed E-state index contributed by atoms with van der Waals surface area (Å²) in [5.74, 6) is 0.636. The lowest BCUT2D eigenvalue weighted by atomic mass is 10.1. The summed E-state index contributed by atoms with van der Waals surface area (Å²) in [5.41, 5.74) is 3.82. The van der Waals surface area contributed by atoms with Gasteiger partial charge in [-0.3, -0.25) is 15.5 Å². The minimum atomic E-state index is -0.462. The summed E-state index contributed by atoms with van der Waals surface area (Å²) in [5, 5.41) is 17.6. The molecule has 1 aromatic heterocycles. The highest BCUT2D eigenvalue weighted by Crippen LogP contribution is 2.24. The van der Waals surface area contributed by atoms with Gasteiger partial charge in [0.05, 0.1) is 11.1 Å². The van der Waals surface area contributed by atoms with Crippen LogP contribution < -0.4 is 10.7 Å². The lowest BCUT2D eigenvalue weighted by Gasteiger charge is -2.06. The number of nitrogens with zero attached hydrogens (tertiary/aromatic N) is 2. The summed E-state index contributed by atoms with van der Waals surface area (Å²) in [7, 11) is 0. The lowest BCUT2D eigenvalue weighted by molar-refractivity contribution is -0.384. The van der Waals surface area contributed by atoms with Crippen molar-refractivity contribution in [3.8, 4) is 11.3 Å². The first-order valence-corrected chi connectivity index (χ1v) is 8.12. The number of halogens is 1. The molecule has 0 aliphatic rings. The maximum Gasteiger partial charge on any atom is 0.269 e. The average molecular weight is 384 g/mol. The number of nitro benzene ring substituents is 1. The van der Waals surface area contributed by atoms with E-state index in [1.165, 1.54) is 30.5 Å². The molecule has 0 spiro atoms. The number of thiocarbonyl (C=S) groups is 1. The van der Waals surface area contributed by atoms with Crippen molar-refractivity contribution in [2.24, 2.45) is 5.10 Å². The fraction of sp³-hybridized carbons (Fsp3) is 0. The van der Waals surface area contributed by atoms with Crippen LogP contribution in [0.15, 0.2) is 70.2 Å². The molecule has 0 atom stereocenters. The van der Waals surface area contributed by atoms with Gasteiger partial charge in [-0.25, -0.2) is 4.39 Å². The highest BCUT2D eigenvalue weighted by Gasteiger charge is 2.08. The van der Waals surface area contributed by atoms with Gasteiger partial charge in [-0.1, -0.05) is 6.07 Å². The smallest absolute Gasteiger partial charge is 0.269 e. The maximum absolute atomic E-state index is 13.1. The zero-order chi connectivity index (χ0) is 19.2. The second-order valence-corrected chi connectivity index (χ2v) is 5.75. The number of nitrogens with one attached hydrogen (secondary N) is 2. The Hall–Kier alpha value is -3.59. The fourth-order valence-electron chi connectivity index (χ4n) is 2.20. The van der Waals surface area contributed by atoms with E-state index in [1.807, 2.05) is 0 Å². The van der Waals surface area contributed by atoms with Crippen molar-refractivity contribution >= 4 is 34.9 Å². The third-order valence-corrected chi connectivity index (χ3v) is 3.62. The molecule has 0 fully saturated rings. The molecule has 0 saturated carbocycles. The van der Waals surface area contributed by atoms with E-state index >= 15 is 0 Å². The predicted molar refractivity (Wildman–Crippen MR) is 104 cm³/mol. The predicted octanol–water partition coefficient (Wildman–Crippen LogP) is 4.31. The number of hydrogen-bond donors (Lipinski definition) is 2. The topological polar surface area (TPSA) is 92.7 Å². The molecule has 0 aliphatic heterocycles. The van der Waals surface area contributed by atoms with Crippen LogP contribution in [-0.4, -0.2) is 16.3 Å². The second-order valence-electron chi connectivity index (χ2n) is 5.34. The van der Waals surface area contributed by atoms with Crippen LogP contribution in [-0.2, 0) is 0 Å². The molecule has 7 nitrogen and oxygen atoms in total. The summed E-state index contributed by atoms with van der Waals surface area (Å²) < 4.78 is 18.7. The molecule has 0 amide bonds. The first-order chi connectivity index (χ1) is 13.0. The van der Waals surface area contributed by atoms with Crippen molar-refractivity contribution in [1.82, 2.24) is 5.43 Å². The Kier molecular flexibility index (Phi) is 5.53. The molecule has 0 bridgehead atoms. The van der Waals surface area contributed by atoms with Gasteiger partial charge in [0.1, 0.15) is 17.3 Å². The number of non-ortho nitro benzene ring substituents is 1. The summed E-state index contributed by atoms with van der Waals surface area (Å²) in [6, 6.07) is 15.3. The minimum absolute atomic E-state index is 0.00982. The van der Waals surface area contributed by atoms with E-state index < -0.39 is 4.92 Å². The average Bonchev–Trinajstić information content (AvgIpc) is 3.10. The van der Waals surface area contributed by atoms with Gasteiger partial charge < -0.3 is 9.73 Å². The number of rotatable bonds is 5. The van der Waals surface area contributed by atoms with Crippen molar-refractivity contribution < 1.29 is 13.7 Å². The highest BCUT2D eigenvalue weighted by atomic mass is 32.1. The molecule has 1 heterocycles. The van der Waals surface area contributed by atoms with Crippen LogP contribution in [0.2, 0.25) is 0 Å². The quantitative estimate of drug-likeness (QED) is 0.295. The fourth-order valence-corrected chi connectivity index (χ4v) is 2.38. The standard InChI is InChI=1S/C18H13FN4O3S/c19-13-2-1-3-14(10-13)21-18(27)22-20-11-16-8-9-17(26-16)12-4-6-15(7-5-12)23(24)25/h1-11H,(H2,21,22,27)/b20-11-. The van der Waals surface area contributed by atoms with Gasteiger partial charge >= 0.3 is 0 Å². The van der Waals surface area contributed by atoms with Crippen molar-refractivity contribution in [2.75, 3.05) is 5.32 Å². The van der Waals surface area contributed by atoms with E-state index in [9.17, 15) is 14.5 Å². The lowest BCUT2D eigenvalue weighted by Crippen LogP contribution is -2.23. The van der Waals surface area contributed by atoms with E-state index in [-0.39, 0.29) is 16.6 Å². The third kappa shape index (κ3) is 4.95. The van der Waals surface area contributed by atoms with E-state index in [4.69, 9.17) is 16.6 Å². The molecule has 2 aromatic carbocycles. The van der Waals surface area contributed by atoms with Crippen LogP contribution in [0.5, 0.6) is 0 Å². The van der Waals surface area contributed by atoms with Gasteiger partial charge in [0.25, 0.3) is 5.69 Å². The SMILES string of the molecule is O=[N+]([O-])c1ccc(-c2ccc(/C=N\NC(=S)Nc3cccc(F)c3)o2)cc1. The summed E-state index contributed by atoms with van der Waals surface area (Å²) >= 11 is 5.07. The van der Waals surface area contributed by atoms with Crippen LogP contribution in [0, 0.1) is 15.9 Å². The Morgan fingerprint density at radius 1 is 1.19 bits per heavy atom. The molecule has 0 unspecified atom stereocenters. The van der Waals surface area contributed by atoms with Gasteiger partial charge in [-0.15, -0.1) is 0 Å². The molecule has 0 aliphatic carbocycles. The van der Waals surface area contributed by atoms with E-state index in [0.717, 1.165) is 0 Å². The second kappa shape index (κ2) is 8.19. The zero-order valence-corrected chi connectivity index (χ0v) is 14.6. The molecule has 2 N–H and O–H groups in total. The van der Waals surface area contributed by atoms with Crippen molar-refractivity contribution in [1.29, 1.82) is 0 Å². The van der Waals surface area contributed by atoms with Gasteiger partial charge in [0.15, 0.2) is 5.11 Å². The van der Waals surface area contributed by atoms with Gasteiger partial charge in [-0.05, 0) is 54.7 Å². The minimum Gasteiger partial charge on any atom is -0.455 e. The number of hydrazone groups is 1. The van der Waals surface area contributed by atoms with Crippen LogP contribution in [0.1, 0.15) is 5.76 Å². The first kappa shape index (κ1) is 18.2. The van der Waals surface area contributed by atoms with Crippen molar-refractivity contribution in [3.05, 3.63) is 82.4 Å². The van der Waals surface area contributed by atoms with Crippen LogP contribution in [0.3, 0.4) is 0 Å². The molecule has 9 heteroatoms. The third-order valence-electron chi connectivity index (χ3n) is 3.43. The molecule has 27 heavy (non-hydrogen) atoms. The van der Waals surface area contributed by atoms with Gasteiger partial charge in [0, 0.05) is 23.4 Å². The Bertz CT molecular complexity index is 1000. The van der Waals surface area contributed by atoms with Crippen molar-refractivity contribution in [3.63, 3.8) is 0 Å². The molecule has 3 rings (SSSR count). The van der Waals surface area contributed by atoms with Gasteiger partial charge in [0.2, 0.25) is 0 Å². The number of anilines is 1. The maximum atomic E-state index is 13.1. The zero-order valence-electron chi connectivity index (χ0n) is 13.8. The van der Waals surface area contributed by atoms with Gasteiger partial charge in [-0.2, -0.15) is 5.10 Å². The van der Waals surface area contributed by atoms with Crippen molar-refractivity contribution in [2.45, 2.75) is 0 Å².